The average molecular weight is 192 g/mol. The first-order chi connectivity index (χ1) is 6.63. The summed E-state index contributed by atoms with van der Waals surface area (Å²) in [6, 6.07) is 8.42. The van der Waals surface area contributed by atoms with Crippen LogP contribution >= 0.6 is 0 Å². The minimum Gasteiger partial charge on any atom is -0.329 e. The zero-order valence-electron chi connectivity index (χ0n) is 9.03. The van der Waals surface area contributed by atoms with Gasteiger partial charge in [-0.2, -0.15) is 0 Å². The van der Waals surface area contributed by atoms with Gasteiger partial charge in [-0.05, 0) is 23.5 Å². The van der Waals surface area contributed by atoms with E-state index in [1.54, 1.807) is 0 Å². The Hall–Kier alpha value is -0.860. The van der Waals surface area contributed by atoms with Crippen LogP contribution in [0.1, 0.15) is 31.0 Å². The van der Waals surface area contributed by atoms with Gasteiger partial charge in [0.05, 0.1) is 0 Å². The van der Waals surface area contributed by atoms with Crippen LogP contribution in [0.15, 0.2) is 24.3 Å². The second kappa shape index (κ2) is 5.13. The second-order valence-corrected chi connectivity index (χ2v) is 4.18. The van der Waals surface area contributed by atoms with Crippen LogP contribution in [0.4, 0.5) is 0 Å². The maximum Gasteiger partial charge on any atom is 0.0419 e. The van der Waals surface area contributed by atoms with Gasteiger partial charge in [-0.1, -0.05) is 38.1 Å². The van der Waals surface area contributed by atoms with Gasteiger partial charge in [0, 0.05) is 12.6 Å². The van der Waals surface area contributed by atoms with Crippen molar-refractivity contribution in [2.24, 2.45) is 17.4 Å². The summed E-state index contributed by atoms with van der Waals surface area (Å²) in [6.45, 7) is 4.95. The SMILES string of the molecule is CC(C)Cc1ccc(C(N)CN)cc1. The van der Waals surface area contributed by atoms with E-state index < -0.39 is 0 Å². The minimum atomic E-state index is -0.0249. The lowest BCUT2D eigenvalue weighted by Gasteiger charge is -2.10. The van der Waals surface area contributed by atoms with Gasteiger partial charge in [0.25, 0.3) is 0 Å². The van der Waals surface area contributed by atoms with Gasteiger partial charge in [0.15, 0.2) is 0 Å². The summed E-state index contributed by atoms with van der Waals surface area (Å²) >= 11 is 0. The molecule has 1 rings (SSSR count). The largest absolute Gasteiger partial charge is 0.329 e. The third-order valence-corrected chi connectivity index (χ3v) is 2.31. The highest BCUT2D eigenvalue weighted by molar-refractivity contribution is 5.25. The Morgan fingerprint density at radius 2 is 1.71 bits per heavy atom. The van der Waals surface area contributed by atoms with Crippen molar-refractivity contribution < 1.29 is 0 Å². The van der Waals surface area contributed by atoms with Crippen LogP contribution in [0.5, 0.6) is 0 Å². The van der Waals surface area contributed by atoms with Crippen LogP contribution in [0.25, 0.3) is 0 Å². The maximum absolute atomic E-state index is 5.82. The highest BCUT2D eigenvalue weighted by atomic mass is 14.7. The third kappa shape index (κ3) is 3.13. The van der Waals surface area contributed by atoms with Gasteiger partial charge in [-0.3, -0.25) is 0 Å². The first kappa shape index (κ1) is 11.2. The predicted octanol–water partition coefficient (Wildman–Crippen LogP) is 1.84. The molecule has 2 nitrogen and oxygen atoms in total. The summed E-state index contributed by atoms with van der Waals surface area (Å²) in [7, 11) is 0. The predicted molar refractivity (Wildman–Crippen MR) is 61.0 cm³/mol. The van der Waals surface area contributed by atoms with Crippen LogP contribution in [-0.2, 0) is 6.42 Å². The molecule has 0 fully saturated rings. The van der Waals surface area contributed by atoms with Gasteiger partial charge >= 0.3 is 0 Å². The molecule has 1 atom stereocenters. The zero-order valence-corrected chi connectivity index (χ0v) is 9.03. The molecule has 14 heavy (non-hydrogen) atoms. The monoisotopic (exact) mass is 192 g/mol. The molecular weight excluding hydrogens is 172 g/mol. The van der Waals surface area contributed by atoms with Crippen LogP contribution in [0, 0.1) is 5.92 Å². The number of rotatable bonds is 4. The van der Waals surface area contributed by atoms with Crippen molar-refractivity contribution in [2.75, 3.05) is 6.54 Å². The summed E-state index contributed by atoms with van der Waals surface area (Å²) in [4.78, 5) is 0. The minimum absolute atomic E-state index is 0.0249. The molecule has 2 heteroatoms. The Labute approximate surface area is 86.3 Å². The first-order valence-corrected chi connectivity index (χ1v) is 5.18. The van der Waals surface area contributed by atoms with E-state index in [0.29, 0.717) is 12.5 Å². The molecule has 0 heterocycles. The van der Waals surface area contributed by atoms with Crippen molar-refractivity contribution in [3.05, 3.63) is 35.4 Å². The molecule has 0 saturated carbocycles. The van der Waals surface area contributed by atoms with E-state index in [1.165, 1.54) is 5.56 Å². The summed E-state index contributed by atoms with van der Waals surface area (Å²) in [5.41, 5.74) is 13.8. The Morgan fingerprint density at radius 1 is 1.14 bits per heavy atom. The molecule has 0 amide bonds. The zero-order chi connectivity index (χ0) is 10.6. The summed E-state index contributed by atoms with van der Waals surface area (Å²) < 4.78 is 0. The van der Waals surface area contributed by atoms with Crippen LogP contribution < -0.4 is 11.5 Å². The number of hydrogen-bond donors (Lipinski definition) is 2. The Bertz CT molecular complexity index is 264. The van der Waals surface area contributed by atoms with Gasteiger partial charge in [-0.15, -0.1) is 0 Å². The van der Waals surface area contributed by atoms with E-state index in [2.05, 4.69) is 38.1 Å². The van der Waals surface area contributed by atoms with Gasteiger partial charge in [0.2, 0.25) is 0 Å². The molecule has 0 bridgehead atoms. The van der Waals surface area contributed by atoms with Crippen molar-refractivity contribution in [2.45, 2.75) is 26.3 Å². The van der Waals surface area contributed by atoms with Gasteiger partial charge in [0.1, 0.15) is 0 Å². The van der Waals surface area contributed by atoms with Crippen LogP contribution in [-0.4, -0.2) is 6.54 Å². The smallest absolute Gasteiger partial charge is 0.0419 e. The molecular formula is C12H20N2. The molecule has 0 radical (unpaired) electrons. The van der Waals surface area contributed by atoms with Crippen molar-refractivity contribution in [1.29, 1.82) is 0 Å². The average Bonchev–Trinajstić information content (AvgIpc) is 2.17. The van der Waals surface area contributed by atoms with E-state index in [1.807, 2.05) is 0 Å². The molecule has 0 aliphatic carbocycles. The fourth-order valence-electron chi connectivity index (χ4n) is 1.51. The van der Waals surface area contributed by atoms with Crippen LogP contribution in [0.2, 0.25) is 0 Å². The van der Waals surface area contributed by atoms with Crippen molar-refractivity contribution >= 4 is 0 Å². The Kier molecular flexibility index (Phi) is 4.11. The van der Waals surface area contributed by atoms with E-state index in [0.717, 1.165) is 12.0 Å². The summed E-state index contributed by atoms with van der Waals surface area (Å²) in [5.74, 6) is 0.698. The lowest BCUT2D eigenvalue weighted by Crippen LogP contribution is -2.20. The number of nitrogens with two attached hydrogens (primary N) is 2. The highest BCUT2D eigenvalue weighted by Crippen LogP contribution is 2.13. The fourth-order valence-corrected chi connectivity index (χ4v) is 1.51. The summed E-state index contributed by atoms with van der Waals surface area (Å²) in [6.07, 6.45) is 1.12. The van der Waals surface area contributed by atoms with E-state index in [4.69, 9.17) is 11.5 Å². The number of benzene rings is 1. The third-order valence-electron chi connectivity index (χ3n) is 2.31. The fraction of sp³-hybridized carbons (Fsp3) is 0.500. The maximum atomic E-state index is 5.82. The molecule has 78 valence electrons. The van der Waals surface area contributed by atoms with Gasteiger partial charge < -0.3 is 11.5 Å². The van der Waals surface area contributed by atoms with Crippen molar-refractivity contribution in [3.8, 4) is 0 Å². The molecule has 4 N–H and O–H groups in total. The molecule has 0 saturated heterocycles. The van der Waals surface area contributed by atoms with E-state index in [9.17, 15) is 0 Å². The Balaban J connectivity index is 2.68. The second-order valence-electron chi connectivity index (χ2n) is 4.18. The van der Waals surface area contributed by atoms with E-state index in [-0.39, 0.29) is 6.04 Å². The lowest BCUT2D eigenvalue weighted by molar-refractivity contribution is 0.646. The molecule has 0 aliphatic heterocycles. The standard InChI is InChI=1S/C12H20N2/c1-9(2)7-10-3-5-11(6-4-10)12(14)8-13/h3-6,9,12H,7-8,13-14H2,1-2H3. The number of hydrogen-bond acceptors (Lipinski definition) is 2. The Morgan fingerprint density at radius 3 is 2.14 bits per heavy atom. The summed E-state index contributed by atoms with van der Waals surface area (Å²) in [5, 5.41) is 0. The van der Waals surface area contributed by atoms with Crippen molar-refractivity contribution in [3.63, 3.8) is 0 Å². The normalized spacial score (nSPS) is 13.2. The quantitative estimate of drug-likeness (QED) is 0.765. The molecule has 0 aromatic heterocycles. The first-order valence-electron chi connectivity index (χ1n) is 5.18. The molecule has 1 unspecified atom stereocenters. The lowest BCUT2D eigenvalue weighted by atomic mass is 10.00. The van der Waals surface area contributed by atoms with Crippen LogP contribution in [0.3, 0.4) is 0 Å². The van der Waals surface area contributed by atoms with E-state index >= 15 is 0 Å². The molecule has 0 spiro atoms. The topological polar surface area (TPSA) is 52.0 Å². The highest BCUT2D eigenvalue weighted by Gasteiger charge is 2.03. The molecule has 0 aliphatic rings. The molecule has 1 aromatic rings. The van der Waals surface area contributed by atoms with Crippen molar-refractivity contribution in [1.82, 2.24) is 0 Å². The van der Waals surface area contributed by atoms with Gasteiger partial charge in [-0.25, -0.2) is 0 Å². The molecule has 1 aromatic carbocycles.